The van der Waals surface area contributed by atoms with Crippen LogP contribution in [0.4, 0.5) is 5.82 Å². The fraction of sp³-hybridized carbons (Fsp3) is 0.409. The van der Waals surface area contributed by atoms with Gasteiger partial charge in [0.15, 0.2) is 11.5 Å². The van der Waals surface area contributed by atoms with Crippen LogP contribution in [-0.4, -0.2) is 51.9 Å². The third kappa shape index (κ3) is 4.40. The van der Waals surface area contributed by atoms with Gasteiger partial charge in [0.05, 0.1) is 32.5 Å². The van der Waals surface area contributed by atoms with Crippen LogP contribution in [0.5, 0.6) is 17.2 Å². The first-order chi connectivity index (χ1) is 14.6. The molecule has 8 nitrogen and oxygen atoms in total. The number of rotatable bonds is 7. The molecular weight excluding hydrogens is 384 g/mol. The Labute approximate surface area is 176 Å². The molecule has 2 heterocycles. The summed E-state index contributed by atoms with van der Waals surface area (Å²) in [5, 5.41) is 12.3. The van der Waals surface area contributed by atoms with E-state index in [1.807, 2.05) is 0 Å². The highest BCUT2D eigenvalue weighted by molar-refractivity contribution is 5.98. The predicted molar refractivity (Wildman–Crippen MR) is 112 cm³/mol. The molecule has 0 spiro atoms. The number of aromatic nitrogens is 1. The van der Waals surface area contributed by atoms with Crippen molar-refractivity contribution in [2.75, 3.05) is 45.9 Å². The number of benzene rings is 1. The van der Waals surface area contributed by atoms with E-state index in [0.717, 1.165) is 31.7 Å². The number of nitrogens with one attached hydrogen (secondary N) is 1. The molecule has 1 aromatic carbocycles. The molecule has 1 aliphatic heterocycles. The Kier molecular flexibility index (Phi) is 6.96. The Bertz CT molecular complexity index is 933. The van der Waals surface area contributed by atoms with Gasteiger partial charge < -0.3 is 24.4 Å². The van der Waals surface area contributed by atoms with Gasteiger partial charge in [-0.05, 0) is 43.0 Å². The first kappa shape index (κ1) is 21.2. The summed E-state index contributed by atoms with van der Waals surface area (Å²) in [6.07, 6.45) is 3.52. The third-order valence-electron chi connectivity index (χ3n) is 5.32. The summed E-state index contributed by atoms with van der Waals surface area (Å²) < 4.78 is 16.0. The van der Waals surface area contributed by atoms with E-state index in [-0.39, 0.29) is 5.91 Å². The first-order valence-electron chi connectivity index (χ1n) is 9.80. The van der Waals surface area contributed by atoms with Gasteiger partial charge in [-0.15, -0.1) is 0 Å². The van der Waals surface area contributed by atoms with E-state index in [9.17, 15) is 10.1 Å². The van der Waals surface area contributed by atoms with Crippen LogP contribution in [0.15, 0.2) is 30.5 Å². The topological polar surface area (TPSA) is 96.7 Å². The molecule has 8 heteroatoms. The van der Waals surface area contributed by atoms with Crippen molar-refractivity contribution in [3.8, 4) is 23.3 Å². The maximum Gasteiger partial charge on any atom is 0.255 e. The first-order valence-corrected chi connectivity index (χ1v) is 9.80. The van der Waals surface area contributed by atoms with E-state index in [1.165, 1.54) is 21.3 Å². The van der Waals surface area contributed by atoms with Gasteiger partial charge in [0.2, 0.25) is 5.75 Å². The van der Waals surface area contributed by atoms with E-state index in [4.69, 9.17) is 14.2 Å². The molecule has 1 aromatic heterocycles. The molecule has 0 bridgehead atoms. The van der Waals surface area contributed by atoms with E-state index >= 15 is 0 Å². The zero-order chi connectivity index (χ0) is 21.5. The number of piperidine rings is 1. The van der Waals surface area contributed by atoms with Crippen molar-refractivity contribution >= 4 is 11.7 Å². The van der Waals surface area contributed by atoms with E-state index in [1.54, 1.807) is 30.5 Å². The lowest BCUT2D eigenvalue weighted by atomic mass is 9.96. The standard InChI is InChI=1S/C22H26N4O4/c1-28-18-7-6-17(19(29-2)20(18)30-3)22(27)25-14-15-8-11-26(12-9-15)21-16(13-23)5-4-10-24-21/h4-7,10,15H,8-9,11-12,14H2,1-3H3,(H,25,27). The normalized spacial score (nSPS) is 14.0. The molecule has 3 rings (SSSR count). The smallest absolute Gasteiger partial charge is 0.255 e. The lowest BCUT2D eigenvalue weighted by Crippen LogP contribution is -2.39. The van der Waals surface area contributed by atoms with Gasteiger partial charge in [0.25, 0.3) is 5.91 Å². The zero-order valence-corrected chi connectivity index (χ0v) is 17.5. The lowest BCUT2D eigenvalue weighted by Gasteiger charge is -2.33. The number of carbonyl (C=O) groups is 1. The number of hydrogen-bond acceptors (Lipinski definition) is 7. The largest absolute Gasteiger partial charge is 0.493 e. The highest BCUT2D eigenvalue weighted by Gasteiger charge is 2.24. The number of ether oxygens (including phenoxy) is 3. The molecule has 0 aliphatic carbocycles. The van der Waals surface area contributed by atoms with Crippen molar-refractivity contribution in [3.63, 3.8) is 0 Å². The molecule has 0 saturated carbocycles. The number of amides is 1. The second-order valence-corrected chi connectivity index (χ2v) is 7.01. The van der Waals surface area contributed by atoms with Crippen molar-refractivity contribution in [3.05, 3.63) is 41.6 Å². The Morgan fingerprint density at radius 2 is 1.90 bits per heavy atom. The van der Waals surface area contributed by atoms with E-state index in [2.05, 4.69) is 21.3 Å². The monoisotopic (exact) mass is 410 g/mol. The summed E-state index contributed by atoms with van der Waals surface area (Å²) in [5.41, 5.74) is 0.990. The number of methoxy groups -OCH3 is 3. The summed E-state index contributed by atoms with van der Waals surface area (Å²) in [5.74, 6) is 2.12. The van der Waals surface area contributed by atoms with Gasteiger partial charge in [-0.3, -0.25) is 4.79 Å². The van der Waals surface area contributed by atoms with Crippen molar-refractivity contribution < 1.29 is 19.0 Å². The molecule has 158 valence electrons. The summed E-state index contributed by atoms with van der Waals surface area (Å²) >= 11 is 0. The van der Waals surface area contributed by atoms with Crippen LogP contribution in [-0.2, 0) is 0 Å². The minimum atomic E-state index is -0.216. The molecule has 1 amide bonds. The minimum Gasteiger partial charge on any atom is -0.493 e. The zero-order valence-electron chi connectivity index (χ0n) is 17.5. The second kappa shape index (κ2) is 9.83. The molecule has 1 fully saturated rings. The van der Waals surface area contributed by atoms with Gasteiger partial charge in [-0.25, -0.2) is 4.98 Å². The van der Waals surface area contributed by atoms with Gasteiger partial charge in [0.1, 0.15) is 11.9 Å². The summed E-state index contributed by atoms with van der Waals surface area (Å²) in [4.78, 5) is 19.3. The Balaban J connectivity index is 1.60. The number of nitriles is 1. The van der Waals surface area contributed by atoms with Gasteiger partial charge in [0, 0.05) is 25.8 Å². The number of carbonyl (C=O) groups excluding carboxylic acids is 1. The molecule has 0 atom stereocenters. The summed E-state index contributed by atoms with van der Waals surface area (Å²) in [6.45, 7) is 2.16. The van der Waals surface area contributed by atoms with E-state index in [0.29, 0.717) is 40.8 Å². The molecule has 0 unspecified atom stereocenters. The Hall–Kier alpha value is -3.47. The second-order valence-electron chi connectivity index (χ2n) is 7.01. The van der Waals surface area contributed by atoms with Crippen molar-refractivity contribution in [2.45, 2.75) is 12.8 Å². The van der Waals surface area contributed by atoms with Gasteiger partial charge in [-0.1, -0.05) is 0 Å². The molecule has 1 saturated heterocycles. The molecule has 30 heavy (non-hydrogen) atoms. The SMILES string of the molecule is COc1ccc(C(=O)NCC2CCN(c3ncccc3C#N)CC2)c(OC)c1OC. The molecule has 1 aliphatic rings. The maximum atomic E-state index is 12.8. The third-order valence-corrected chi connectivity index (χ3v) is 5.32. The van der Waals surface area contributed by atoms with Crippen LogP contribution in [0.3, 0.4) is 0 Å². The Morgan fingerprint density at radius 1 is 1.17 bits per heavy atom. The van der Waals surface area contributed by atoms with Gasteiger partial charge >= 0.3 is 0 Å². The van der Waals surface area contributed by atoms with Crippen LogP contribution in [0.25, 0.3) is 0 Å². The average molecular weight is 410 g/mol. The predicted octanol–water partition coefficient (Wildman–Crippen LogP) is 2.63. The molecule has 1 N–H and O–H groups in total. The lowest BCUT2D eigenvalue weighted by molar-refractivity contribution is 0.0941. The van der Waals surface area contributed by atoms with Gasteiger partial charge in [-0.2, -0.15) is 5.26 Å². The van der Waals surface area contributed by atoms with Crippen molar-refractivity contribution in [2.24, 2.45) is 5.92 Å². The average Bonchev–Trinajstić information content (AvgIpc) is 2.81. The number of pyridine rings is 1. The van der Waals surface area contributed by atoms with Crippen LogP contribution in [0.1, 0.15) is 28.8 Å². The molecule has 2 aromatic rings. The number of anilines is 1. The Morgan fingerprint density at radius 3 is 2.53 bits per heavy atom. The molecular formula is C22H26N4O4. The van der Waals surface area contributed by atoms with Crippen LogP contribution in [0.2, 0.25) is 0 Å². The number of nitrogens with zero attached hydrogens (tertiary/aromatic N) is 3. The summed E-state index contributed by atoms with van der Waals surface area (Å²) in [7, 11) is 4.54. The molecule has 0 radical (unpaired) electrons. The quantitative estimate of drug-likeness (QED) is 0.749. The highest BCUT2D eigenvalue weighted by atomic mass is 16.5. The highest BCUT2D eigenvalue weighted by Crippen LogP contribution is 2.39. The fourth-order valence-corrected chi connectivity index (χ4v) is 3.70. The number of hydrogen-bond donors (Lipinski definition) is 1. The van der Waals surface area contributed by atoms with Crippen LogP contribution in [0, 0.1) is 17.2 Å². The fourth-order valence-electron chi connectivity index (χ4n) is 3.70. The maximum absolute atomic E-state index is 12.8. The van der Waals surface area contributed by atoms with Crippen LogP contribution < -0.4 is 24.4 Å². The minimum absolute atomic E-state index is 0.216. The van der Waals surface area contributed by atoms with E-state index < -0.39 is 0 Å². The summed E-state index contributed by atoms with van der Waals surface area (Å²) in [6, 6.07) is 9.11. The van der Waals surface area contributed by atoms with Crippen molar-refractivity contribution in [1.29, 1.82) is 5.26 Å². The van der Waals surface area contributed by atoms with Crippen LogP contribution >= 0.6 is 0 Å². The van der Waals surface area contributed by atoms with Crippen molar-refractivity contribution in [1.82, 2.24) is 10.3 Å².